The largest absolute Gasteiger partial charge is 0.490 e. The van der Waals surface area contributed by atoms with Gasteiger partial charge in [-0.2, -0.15) is 0 Å². The maximum atomic E-state index is 11.6. The van der Waals surface area contributed by atoms with E-state index in [1.165, 1.54) is 18.2 Å². The molecule has 0 aliphatic heterocycles. The number of nitro groups is 1. The summed E-state index contributed by atoms with van der Waals surface area (Å²) in [4.78, 5) is 21.8. The molecule has 1 rings (SSSR count). The van der Waals surface area contributed by atoms with Gasteiger partial charge in [-0.25, -0.2) is 0 Å². The molecule has 1 aromatic carbocycles. The van der Waals surface area contributed by atoms with Crippen molar-refractivity contribution in [3.63, 3.8) is 0 Å². The zero-order valence-corrected chi connectivity index (χ0v) is 13.5. The van der Waals surface area contributed by atoms with Crippen molar-refractivity contribution in [1.29, 1.82) is 0 Å². The van der Waals surface area contributed by atoms with Gasteiger partial charge in [0, 0.05) is 6.07 Å². The zero-order chi connectivity index (χ0) is 16.0. The molecule has 1 atom stereocenters. The number of halogens is 1. The van der Waals surface area contributed by atoms with Crippen LogP contribution in [0.15, 0.2) is 22.7 Å². The SMILES string of the molecule is CCCNC(C)(COc1cc([N+](=O)[O-])ccc1Br)C(N)=O. The van der Waals surface area contributed by atoms with Crippen molar-refractivity contribution in [1.82, 2.24) is 5.32 Å². The fourth-order valence-electron chi connectivity index (χ4n) is 1.55. The van der Waals surface area contributed by atoms with Crippen molar-refractivity contribution in [2.24, 2.45) is 5.73 Å². The van der Waals surface area contributed by atoms with Crippen molar-refractivity contribution >= 4 is 27.5 Å². The first kappa shape index (κ1) is 17.4. The maximum Gasteiger partial charge on any atom is 0.273 e. The van der Waals surface area contributed by atoms with Crippen molar-refractivity contribution in [3.05, 3.63) is 32.8 Å². The fourth-order valence-corrected chi connectivity index (χ4v) is 1.91. The van der Waals surface area contributed by atoms with Crippen LogP contribution in [0.4, 0.5) is 5.69 Å². The van der Waals surface area contributed by atoms with Gasteiger partial charge in [-0.1, -0.05) is 6.92 Å². The van der Waals surface area contributed by atoms with E-state index in [1.54, 1.807) is 6.92 Å². The number of hydrogen-bond acceptors (Lipinski definition) is 5. The number of nitrogens with two attached hydrogens (primary N) is 1. The van der Waals surface area contributed by atoms with Gasteiger partial charge < -0.3 is 15.8 Å². The highest BCUT2D eigenvalue weighted by atomic mass is 79.9. The Morgan fingerprint density at radius 3 is 2.76 bits per heavy atom. The molecule has 0 fully saturated rings. The van der Waals surface area contributed by atoms with Gasteiger partial charge in [-0.05, 0) is 41.9 Å². The summed E-state index contributed by atoms with van der Waals surface area (Å²) in [6.07, 6.45) is 0.837. The zero-order valence-electron chi connectivity index (χ0n) is 11.9. The van der Waals surface area contributed by atoms with Gasteiger partial charge in [0.25, 0.3) is 5.69 Å². The van der Waals surface area contributed by atoms with E-state index >= 15 is 0 Å². The van der Waals surface area contributed by atoms with Crippen molar-refractivity contribution < 1.29 is 14.5 Å². The van der Waals surface area contributed by atoms with Crippen molar-refractivity contribution in [2.75, 3.05) is 13.2 Å². The lowest BCUT2D eigenvalue weighted by molar-refractivity contribution is -0.385. The average molecular weight is 360 g/mol. The predicted octanol–water partition coefficient (Wildman–Crippen LogP) is 1.98. The van der Waals surface area contributed by atoms with Gasteiger partial charge in [0.2, 0.25) is 5.91 Å². The minimum Gasteiger partial charge on any atom is -0.490 e. The van der Waals surface area contributed by atoms with Crippen LogP contribution in [-0.2, 0) is 4.79 Å². The van der Waals surface area contributed by atoms with E-state index in [0.717, 1.165) is 6.42 Å². The molecule has 1 amide bonds. The Labute approximate surface area is 131 Å². The van der Waals surface area contributed by atoms with Crippen molar-refractivity contribution in [3.8, 4) is 5.75 Å². The van der Waals surface area contributed by atoms with Crippen LogP contribution in [0.2, 0.25) is 0 Å². The summed E-state index contributed by atoms with van der Waals surface area (Å²) in [7, 11) is 0. The number of nitrogens with one attached hydrogen (secondary N) is 1. The number of nitro benzene ring substituents is 1. The average Bonchev–Trinajstić information content (AvgIpc) is 2.43. The molecule has 8 heteroatoms. The summed E-state index contributed by atoms with van der Waals surface area (Å²) in [5.74, 6) is -0.257. The molecular formula is C13H18BrN3O4. The molecule has 0 saturated heterocycles. The van der Waals surface area contributed by atoms with Crippen LogP contribution in [0.25, 0.3) is 0 Å². The van der Waals surface area contributed by atoms with Gasteiger partial charge in [-0.15, -0.1) is 0 Å². The van der Waals surface area contributed by atoms with Gasteiger partial charge in [0.05, 0.1) is 15.5 Å². The van der Waals surface area contributed by atoms with E-state index in [0.29, 0.717) is 11.0 Å². The molecule has 116 valence electrons. The Hall–Kier alpha value is -1.67. The van der Waals surface area contributed by atoms with E-state index in [1.807, 2.05) is 6.92 Å². The summed E-state index contributed by atoms with van der Waals surface area (Å²) in [6.45, 7) is 4.18. The van der Waals surface area contributed by atoms with E-state index in [9.17, 15) is 14.9 Å². The Morgan fingerprint density at radius 2 is 2.24 bits per heavy atom. The Kier molecular flexibility index (Phi) is 6.10. The minimum absolute atomic E-state index is 0.0257. The summed E-state index contributed by atoms with van der Waals surface area (Å²) in [6, 6.07) is 4.18. The second-order valence-electron chi connectivity index (χ2n) is 4.78. The highest BCUT2D eigenvalue weighted by Gasteiger charge is 2.31. The summed E-state index contributed by atoms with van der Waals surface area (Å²) in [5.41, 5.74) is 4.26. The van der Waals surface area contributed by atoms with E-state index in [-0.39, 0.29) is 18.0 Å². The van der Waals surface area contributed by atoms with Gasteiger partial charge in [0.1, 0.15) is 17.9 Å². The minimum atomic E-state index is -1.04. The van der Waals surface area contributed by atoms with Gasteiger partial charge in [-0.3, -0.25) is 14.9 Å². The molecule has 0 spiro atoms. The van der Waals surface area contributed by atoms with E-state index in [4.69, 9.17) is 10.5 Å². The standard InChI is InChI=1S/C13H18BrN3O4/c1-3-6-16-13(2,12(15)18)8-21-11-7-9(17(19)20)4-5-10(11)14/h4-5,7,16H,3,6,8H2,1-2H3,(H2,15,18). The lowest BCUT2D eigenvalue weighted by Crippen LogP contribution is -2.57. The van der Waals surface area contributed by atoms with Crippen LogP contribution in [-0.4, -0.2) is 29.5 Å². The molecule has 7 nitrogen and oxygen atoms in total. The lowest BCUT2D eigenvalue weighted by Gasteiger charge is -2.27. The van der Waals surface area contributed by atoms with Gasteiger partial charge >= 0.3 is 0 Å². The van der Waals surface area contributed by atoms with Crippen LogP contribution in [0.5, 0.6) is 5.75 Å². The maximum absolute atomic E-state index is 11.6. The number of primary amides is 1. The number of non-ortho nitro benzene ring substituents is 1. The summed E-state index contributed by atoms with van der Waals surface area (Å²) < 4.78 is 6.10. The smallest absolute Gasteiger partial charge is 0.273 e. The second kappa shape index (κ2) is 7.37. The molecule has 0 aliphatic rings. The number of amides is 1. The van der Waals surface area contributed by atoms with Crippen LogP contribution in [0, 0.1) is 10.1 Å². The number of hydrogen-bond donors (Lipinski definition) is 2. The molecule has 3 N–H and O–H groups in total. The molecule has 0 saturated carbocycles. The summed E-state index contributed by atoms with van der Waals surface area (Å²) in [5, 5.41) is 13.8. The van der Waals surface area contributed by atoms with Crippen LogP contribution >= 0.6 is 15.9 Å². The number of rotatable bonds is 8. The molecule has 0 aliphatic carbocycles. The van der Waals surface area contributed by atoms with Gasteiger partial charge in [0.15, 0.2) is 0 Å². The topological polar surface area (TPSA) is 107 Å². The molecule has 0 aromatic heterocycles. The molecule has 0 radical (unpaired) electrons. The van der Waals surface area contributed by atoms with E-state index < -0.39 is 16.4 Å². The van der Waals surface area contributed by atoms with Crippen LogP contribution in [0.1, 0.15) is 20.3 Å². The third kappa shape index (κ3) is 4.68. The predicted molar refractivity (Wildman–Crippen MR) is 82.2 cm³/mol. The highest BCUT2D eigenvalue weighted by Crippen LogP contribution is 2.29. The number of benzene rings is 1. The highest BCUT2D eigenvalue weighted by molar-refractivity contribution is 9.10. The normalized spacial score (nSPS) is 13.5. The Morgan fingerprint density at radius 1 is 1.57 bits per heavy atom. The third-order valence-corrected chi connectivity index (χ3v) is 3.61. The third-order valence-electron chi connectivity index (χ3n) is 2.95. The Bertz CT molecular complexity index is 538. The monoisotopic (exact) mass is 359 g/mol. The van der Waals surface area contributed by atoms with E-state index in [2.05, 4.69) is 21.2 Å². The van der Waals surface area contributed by atoms with Crippen LogP contribution < -0.4 is 15.8 Å². The Balaban J connectivity index is 2.87. The quantitative estimate of drug-likeness (QED) is 0.544. The molecule has 0 bridgehead atoms. The molecule has 0 heterocycles. The summed E-state index contributed by atoms with van der Waals surface area (Å²) >= 11 is 3.25. The number of nitrogens with zero attached hydrogens (tertiary/aromatic N) is 1. The second-order valence-corrected chi connectivity index (χ2v) is 5.64. The first-order valence-electron chi connectivity index (χ1n) is 6.42. The van der Waals surface area contributed by atoms with Crippen molar-refractivity contribution in [2.45, 2.75) is 25.8 Å². The first-order chi connectivity index (χ1) is 9.80. The molecule has 21 heavy (non-hydrogen) atoms. The molecular weight excluding hydrogens is 342 g/mol. The first-order valence-corrected chi connectivity index (χ1v) is 7.21. The number of ether oxygens (including phenoxy) is 1. The lowest BCUT2D eigenvalue weighted by atomic mass is 10.0. The number of carbonyl (C=O) groups is 1. The van der Waals surface area contributed by atoms with Crippen LogP contribution in [0.3, 0.4) is 0 Å². The fraction of sp³-hybridized carbons (Fsp3) is 0.462. The molecule has 1 unspecified atom stereocenters. The number of carbonyl (C=O) groups excluding carboxylic acids is 1. The molecule has 1 aromatic rings.